The Bertz CT molecular complexity index is 345. The van der Waals surface area contributed by atoms with Crippen molar-refractivity contribution in [3.05, 3.63) is 17.8 Å². The average Bonchev–Trinajstić information content (AvgIpc) is 3.02. The first kappa shape index (κ1) is 10.3. The number of pyridine rings is 1. The molecule has 1 aliphatic carbocycles. The highest BCUT2D eigenvalue weighted by atomic mass is 15.2. The fourth-order valence-electron chi connectivity index (χ4n) is 1.73. The summed E-state index contributed by atoms with van der Waals surface area (Å²) >= 11 is 0. The zero-order valence-corrected chi connectivity index (χ0v) is 9.53. The average molecular weight is 205 g/mol. The van der Waals surface area contributed by atoms with Gasteiger partial charge in [-0.15, -0.1) is 0 Å². The van der Waals surface area contributed by atoms with Gasteiger partial charge in [0.1, 0.15) is 5.82 Å². The van der Waals surface area contributed by atoms with Crippen LogP contribution in [0.5, 0.6) is 0 Å². The summed E-state index contributed by atoms with van der Waals surface area (Å²) in [6, 6.07) is 3.97. The fraction of sp³-hybridized carbons (Fsp3) is 0.583. The van der Waals surface area contributed by atoms with Crippen LogP contribution in [0.4, 0.5) is 11.5 Å². The van der Waals surface area contributed by atoms with E-state index in [0.717, 1.165) is 36.2 Å². The normalized spacial score (nSPS) is 15.3. The molecule has 0 radical (unpaired) electrons. The second-order valence-electron chi connectivity index (χ2n) is 4.33. The van der Waals surface area contributed by atoms with Gasteiger partial charge in [-0.25, -0.2) is 4.98 Å². The van der Waals surface area contributed by atoms with Crippen LogP contribution in [0, 0.1) is 12.8 Å². The first-order valence-electron chi connectivity index (χ1n) is 5.68. The lowest BCUT2D eigenvalue weighted by Crippen LogP contribution is -2.26. The smallest absolute Gasteiger partial charge is 0.128 e. The molecular weight excluding hydrogens is 186 g/mol. The number of nitrogens with two attached hydrogens (primary N) is 1. The van der Waals surface area contributed by atoms with Gasteiger partial charge < -0.3 is 10.6 Å². The Labute approximate surface area is 91.3 Å². The molecule has 1 heterocycles. The molecule has 0 atom stereocenters. The molecule has 0 spiro atoms. The van der Waals surface area contributed by atoms with E-state index in [4.69, 9.17) is 5.73 Å². The van der Waals surface area contributed by atoms with Crippen LogP contribution < -0.4 is 10.6 Å². The Kier molecular flexibility index (Phi) is 2.80. The van der Waals surface area contributed by atoms with Crippen LogP contribution in [-0.2, 0) is 0 Å². The van der Waals surface area contributed by atoms with E-state index < -0.39 is 0 Å². The van der Waals surface area contributed by atoms with Crippen molar-refractivity contribution >= 4 is 11.5 Å². The van der Waals surface area contributed by atoms with Gasteiger partial charge in [0.25, 0.3) is 0 Å². The fourth-order valence-corrected chi connectivity index (χ4v) is 1.73. The van der Waals surface area contributed by atoms with E-state index in [2.05, 4.69) is 16.8 Å². The molecule has 1 fully saturated rings. The van der Waals surface area contributed by atoms with Crippen LogP contribution in [0.25, 0.3) is 0 Å². The molecule has 0 unspecified atom stereocenters. The minimum absolute atomic E-state index is 0.779. The van der Waals surface area contributed by atoms with E-state index in [1.54, 1.807) is 0 Å². The largest absolute Gasteiger partial charge is 0.397 e. The van der Waals surface area contributed by atoms with Crippen molar-refractivity contribution in [2.75, 3.05) is 23.7 Å². The van der Waals surface area contributed by atoms with E-state index in [-0.39, 0.29) is 0 Å². The van der Waals surface area contributed by atoms with Crippen molar-refractivity contribution in [3.8, 4) is 0 Å². The van der Waals surface area contributed by atoms with E-state index in [9.17, 15) is 0 Å². The van der Waals surface area contributed by atoms with Gasteiger partial charge in [0, 0.05) is 13.1 Å². The van der Waals surface area contributed by atoms with E-state index in [1.165, 1.54) is 12.8 Å². The van der Waals surface area contributed by atoms with Crippen molar-refractivity contribution in [1.29, 1.82) is 0 Å². The molecule has 0 aromatic carbocycles. The van der Waals surface area contributed by atoms with Crippen LogP contribution in [-0.4, -0.2) is 18.1 Å². The van der Waals surface area contributed by atoms with Gasteiger partial charge in [-0.3, -0.25) is 0 Å². The summed E-state index contributed by atoms with van der Waals surface area (Å²) in [6.45, 7) is 6.30. The van der Waals surface area contributed by atoms with Crippen molar-refractivity contribution in [2.45, 2.75) is 26.7 Å². The maximum Gasteiger partial charge on any atom is 0.128 e. The predicted octanol–water partition coefficient (Wildman–Crippen LogP) is 2.21. The summed E-state index contributed by atoms with van der Waals surface area (Å²) in [5.41, 5.74) is 7.47. The van der Waals surface area contributed by atoms with Gasteiger partial charge in [-0.05, 0) is 44.7 Å². The molecule has 0 saturated heterocycles. The Morgan fingerprint density at radius 2 is 2.20 bits per heavy atom. The minimum atomic E-state index is 0.779. The first-order chi connectivity index (χ1) is 7.20. The monoisotopic (exact) mass is 205 g/mol. The molecule has 1 aromatic heterocycles. The lowest BCUT2D eigenvalue weighted by atomic mass is 10.3. The van der Waals surface area contributed by atoms with Crippen molar-refractivity contribution < 1.29 is 0 Å². The molecular formula is C12H19N3. The zero-order valence-electron chi connectivity index (χ0n) is 9.53. The van der Waals surface area contributed by atoms with Crippen LogP contribution >= 0.6 is 0 Å². The third-order valence-electron chi connectivity index (χ3n) is 2.99. The summed E-state index contributed by atoms with van der Waals surface area (Å²) in [4.78, 5) is 6.86. The molecule has 0 aliphatic heterocycles. The summed E-state index contributed by atoms with van der Waals surface area (Å²) < 4.78 is 0. The van der Waals surface area contributed by atoms with E-state index in [1.807, 2.05) is 19.1 Å². The predicted molar refractivity (Wildman–Crippen MR) is 64.0 cm³/mol. The Balaban J connectivity index is 2.13. The number of aromatic nitrogens is 1. The number of hydrogen-bond acceptors (Lipinski definition) is 3. The number of hydrogen-bond donors (Lipinski definition) is 1. The van der Waals surface area contributed by atoms with Crippen LogP contribution in [0.2, 0.25) is 0 Å². The van der Waals surface area contributed by atoms with Crippen molar-refractivity contribution in [1.82, 2.24) is 4.98 Å². The Morgan fingerprint density at radius 1 is 1.47 bits per heavy atom. The standard InChI is InChI=1S/C12H19N3/c1-3-15(8-10-4-5-10)12-7-6-11(13)9(2)14-12/h6-7,10H,3-5,8,13H2,1-2H3. The summed E-state index contributed by atoms with van der Waals surface area (Å²) in [5.74, 6) is 1.96. The second-order valence-corrected chi connectivity index (χ2v) is 4.33. The van der Waals surface area contributed by atoms with Gasteiger partial charge in [-0.2, -0.15) is 0 Å². The molecule has 15 heavy (non-hydrogen) atoms. The molecule has 3 nitrogen and oxygen atoms in total. The number of anilines is 2. The highest BCUT2D eigenvalue weighted by Crippen LogP contribution is 2.31. The minimum Gasteiger partial charge on any atom is -0.397 e. The van der Waals surface area contributed by atoms with Crippen LogP contribution in [0.1, 0.15) is 25.5 Å². The SMILES string of the molecule is CCN(CC1CC1)c1ccc(N)c(C)n1. The number of nitrogens with zero attached hydrogens (tertiary/aromatic N) is 2. The third-order valence-corrected chi connectivity index (χ3v) is 2.99. The summed E-state index contributed by atoms with van der Waals surface area (Å²) in [5, 5.41) is 0. The topological polar surface area (TPSA) is 42.1 Å². The highest BCUT2D eigenvalue weighted by Gasteiger charge is 2.24. The van der Waals surface area contributed by atoms with Gasteiger partial charge in [0.2, 0.25) is 0 Å². The first-order valence-corrected chi connectivity index (χ1v) is 5.68. The Morgan fingerprint density at radius 3 is 2.73 bits per heavy atom. The van der Waals surface area contributed by atoms with Crippen molar-refractivity contribution in [3.63, 3.8) is 0 Å². The van der Waals surface area contributed by atoms with E-state index in [0.29, 0.717) is 0 Å². The lowest BCUT2D eigenvalue weighted by Gasteiger charge is -2.22. The van der Waals surface area contributed by atoms with Crippen LogP contribution in [0.3, 0.4) is 0 Å². The summed E-state index contributed by atoms with van der Waals surface area (Å²) in [7, 11) is 0. The third kappa shape index (κ3) is 2.41. The summed E-state index contributed by atoms with van der Waals surface area (Å²) in [6.07, 6.45) is 2.76. The Hall–Kier alpha value is -1.25. The molecule has 1 aliphatic rings. The quantitative estimate of drug-likeness (QED) is 0.819. The maximum atomic E-state index is 5.76. The molecule has 0 bridgehead atoms. The highest BCUT2D eigenvalue weighted by molar-refractivity contribution is 5.50. The van der Waals surface area contributed by atoms with Gasteiger partial charge in [0.15, 0.2) is 0 Å². The van der Waals surface area contributed by atoms with Gasteiger partial charge in [0.05, 0.1) is 11.4 Å². The number of rotatable bonds is 4. The zero-order chi connectivity index (χ0) is 10.8. The number of nitrogen functional groups attached to an aromatic ring is 1. The number of aryl methyl sites for hydroxylation is 1. The molecule has 3 heteroatoms. The molecule has 0 amide bonds. The second kappa shape index (κ2) is 4.09. The van der Waals surface area contributed by atoms with Gasteiger partial charge >= 0.3 is 0 Å². The molecule has 1 aromatic rings. The van der Waals surface area contributed by atoms with Gasteiger partial charge in [-0.1, -0.05) is 0 Å². The molecule has 1 saturated carbocycles. The molecule has 82 valence electrons. The maximum absolute atomic E-state index is 5.76. The molecule has 2 N–H and O–H groups in total. The van der Waals surface area contributed by atoms with E-state index >= 15 is 0 Å². The van der Waals surface area contributed by atoms with Crippen molar-refractivity contribution in [2.24, 2.45) is 5.92 Å². The molecule has 2 rings (SSSR count). The van der Waals surface area contributed by atoms with Crippen LogP contribution in [0.15, 0.2) is 12.1 Å². The lowest BCUT2D eigenvalue weighted by molar-refractivity contribution is 0.731.